The van der Waals surface area contributed by atoms with E-state index < -0.39 is 5.82 Å². The topological polar surface area (TPSA) is 111 Å². The van der Waals surface area contributed by atoms with Crippen LogP contribution in [0.1, 0.15) is 36.2 Å². The van der Waals surface area contributed by atoms with Crippen LogP contribution in [0.4, 0.5) is 4.39 Å². The molecule has 1 aromatic carbocycles. The van der Waals surface area contributed by atoms with E-state index in [9.17, 15) is 9.18 Å². The maximum absolute atomic E-state index is 15.0. The van der Waals surface area contributed by atoms with Crippen molar-refractivity contribution in [2.24, 2.45) is 11.5 Å². The number of hydrogen-bond acceptors (Lipinski definition) is 5. The van der Waals surface area contributed by atoms with E-state index in [1.54, 1.807) is 20.2 Å². The average molecular weight is 525 g/mol. The van der Waals surface area contributed by atoms with Gasteiger partial charge >= 0.3 is 0 Å². The van der Waals surface area contributed by atoms with Crippen molar-refractivity contribution in [1.29, 1.82) is 5.41 Å². The molecule has 0 fully saturated rings. The number of amidine groups is 1. The Morgan fingerprint density at radius 3 is 2.62 bits per heavy atom. The first kappa shape index (κ1) is 28.0. The Morgan fingerprint density at radius 2 is 2.03 bits per heavy atom. The molecule has 6 N–H and O–H groups in total. The molecule has 0 aliphatic carbocycles. The van der Waals surface area contributed by atoms with Crippen molar-refractivity contribution in [1.82, 2.24) is 15.1 Å². The van der Waals surface area contributed by atoms with E-state index >= 15 is 0 Å². The molecular formula is C28H34ClFN6O. The summed E-state index contributed by atoms with van der Waals surface area (Å²) < 4.78 is 15.0. The van der Waals surface area contributed by atoms with Gasteiger partial charge in [0.05, 0.1) is 5.02 Å². The van der Waals surface area contributed by atoms with Crippen LogP contribution in [0.25, 0.3) is 5.57 Å². The number of allylic oxidation sites excluding steroid dienone is 6. The number of amides is 1. The molecule has 1 amide bonds. The first-order chi connectivity index (χ1) is 17.5. The molecule has 2 heterocycles. The normalized spacial score (nSPS) is 18.1. The molecule has 0 saturated carbocycles. The van der Waals surface area contributed by atoms with Crippen LogP contribution >= 0.6 is 11.6 Å². The van der Waals surface area contributed by atoms with Gasteiger partial charge in [-0.2, -0.15) is 0 Å². The maximum Gasteiger partial charge on any atom is 0.253 e. The predicted octanol–water partition coefficient (Wildman–Crippen LogP) is 4.31. The van der Waals surface area contributed by atoms with Crippen LogP contribution in [0.2, 0.25) is 5.02 Å². The Hall–Kier alpha value is -3.62. The zero-order valence-corrected chi connectivity index (χ0v) is 22.4. The fourth-order valence-corrected chi connectivity index (χ4v) is 4.64. The van der Waals surface area contributed by atoms with E-state index in [2.05, 4.69) is 23.2 Å². The molecule has 2 aliphatic rings. The third-order valence-corrected chi connectivity index (χ3v) is 6.47. The molecule has 7 nitrogen and oxygen atoms in total. The van der Waals surface area contributed by atoms with Gasteiger partial charge in [0.2, 0.25) is 0 Å². The van der Waals surface area contributed by atoms with Gasteiger partial charge in [0.1, 0.15) is 11.7 Å². The van der Waals surface area contributed by atoms with Gasteiger partial charge in [0.25, 0.3) is 5.91 Å². The lowest BCUT2D eigenvalue weighted by atomic mass is 9.95. The molecule has 0 atom stereocenters. The number of benzene rings is 1. The highest BCUT2D eigenvalue weighted by molar-refractivity contribution is 6.32. The highest BCUT2D eigenvalue weighted by Gasteiger charge is 2.21. The minimum atomic E-state index is -0.482. The highest BCUT2D eigenvalue weighted by atomic mass is 35.5. The van der Waals surface area contributed by atoms with Crippen molar-refractivity contribution >= 4 is 28.9 Å². The molecule has 0 unspecified atom stereocenters. The van der Waals surface area contributed by atoms with Gasteiger partial charge < -0.3 is 21.7 Å². The van der Waals surface area contributed by atoms with E-state index in [0.29, 0.717) is 24.2 Å². The Bertz CT molecular complexity index is 1260. The summed E-state index contributed by atoms with van der Waals surface area (Å²) in [7, 11) is 3.24. The van der Waals surface area contributed by atoms with Gasteiger partial charge in [-0.3, -0.25) is 15.1 Å². The largest absolute Gasteiger partial charge is 0.398 e. The Labute approximate surface area is 222 Å². The minimum absolute atomic E-state index is 0.0628. The van der Waals surface area contributed by atoms with Crippen LogP contribution in [0.5, 0.6) is 0 Å². The van der Waals surface area contributed by atoms with E-state index in [4.69, 9.17) is 28.5 Å². The molecule has 0 saturated heterocycles. The van der Waals surface area contributed by atoms with E-state index in [0.717, 1.165) is 41.1 Å². The second kappa shape index (κ2) is 12.1. The molecular weight excluding hydrogens is 491 g/mol. The standard InChI is InChI=1S/C28H34ClFN6O/c1-17(13-22-18(2)34-10-7-21(22)25(31)5-6-26(32)33)16-36-11-8-19(9-12-36)27-23(29)14-20(15-24(27)30)28(37)35(3)4/h5-8,10,13-15,34H,9,11-12,16,31H2,1-4H3,(H3,32,33)/b6-5-,17-13+,25-21+. The van der Waals surface area contributed by atoms with Crippen molar-refractivity contribution in [2.75, 3.05) is 33.7 Å². The maximum atomic E-state index is 15.0. The fraction of sp³-hybridized carbons (Fsp3) is 0.286. The number of halogens is 2. The summed E-state index contributed by atoms with van der Waals surface area (Å²) in [4.78, 5) is 15.9. The minimum Gasteiger partial charge on any atom is -0.398 e. The number of carbonyl (C=O) groups is 1. The van der Waals surface area contributed by atoms with Crippen LogP contribution in [0.15, 0.2) is 76.8 Å². The van der Waals surface area contributed by atoms with Crippen LogP contribution in [0, 0.1) is 11.2 Å². The lowest BCUT2D eigenvalue weighted by Gasteiger charge is -2.27. The molecule has 37 heavy (non-hydrogen) atoms. The SMILES string of the molecule is CC1=C(/C=C(\C)CN2CC=C(c3c(F)cc(C(=O)N(C)C)cc3Cl)CC2)/C(=C(N)\C=C/C(=N)N)C=CN1. The molecule has 0 bridgehead atoms. The van der Waals surface area contributed by atoms with Gasteiger partial charge in [-0.05, 0) is 56.2 Å². The summed E-state index contributed by atoms with van der Waals surface area (Å²) in [6, 6.07) is 2.79. The number of hydrogen-bond donors (Lipinski definition) is 4. The molecule has 3 rings (SSSR count). The average Bonchev–Trinajstić information content (AvgIpc) is 2.83. The van der Waals surface area contributed by atoms with Crippen molar-refractivity contribution in [2.45, 2.75) is 20.3 Å². The van der Waals surface area contributed by atoms with Crippen LogP contribution < -0.4 is 16.8 Å². The van der Waals surface area contributed by atoms with Gasteiger partial charge in [-0.15, -0.1) is 0 Å². The Morgan fingerprint density at radius 1 is 1.30 bits per heavy atom. The van der Waals surface area contributed by atoms with Gasteiger partial charge in [0.15, 0.2) is 0 Å². The van der Waals surface area contributed by atoms with Gasteiger partial charge in [-0.1, -0.05) is 29.3 Å². The second-order valence-electron chi connectivity index (χ2n) is 9.39. The van der Waals surface area contributed by atoms with Gasteiger partial charge in [-0.25, -0.2) is 4.39 Å². The lowest BCUT2D eigenvalue weighted by molar-refractivity contribution is 0.0827. The molecule has 196 valence electrons. The number of carbonyl (C=O) groups excluding carboxylic acids is 1. The third kappa shape index (κ3) is 6.99. The molecule has 1 aromatic rings. The monoisotopic (exact) mass is 524 g/mol. The quantitative estimate of drug-likeness (QED) is 0.314. The number of nitrogens with zero attached hydrogens (tertiary/aromatic N) is 2. The molecule has 0 aromatic heterocycles. The van der Waals surface area contributed by atoms with Crippen molar-refractivity contribution in [3.05, 3.63) is 98.8 Å². The van der Waals surface area contributed by atoms with Crippen LogP contribution in [0.3, 0.4) is 0 Å². The van der Waals surface area contributed by atoms with Crippen LogP contribution in [-0.4, -0.2) is 55.3 Å². The van der Waals surface area contributed by atoms with Crippen molar-refractivity contribution < 1.29 is 9.18 Å². The number of rotatable bonds is 7. The lowest BCUT2D eigenvalue weighted by Crippen LogP contribution is -2.30. The summed E-state index contributed by atoms with van der Waals surface area (Å²) in [6.45, 7) is 6.17. The summed E-state index contributed by atoms with van der Waals surface area (Å²) in [5.41, 5.74) is 17.6. The predicted molar refractivity (Wildman–Crippen MR) is 149 cm³/mol. The van der Waals surface area contributed by atoms with E-state index in [-0.39, 0.29) is 22.3 Å². The smallest absolute Gasteiger partial charge is 0.253 e. The highest BCUT2D eigenvalue weighted by Crippen LogP contribution is 2.32. The Balaban J connectivity index is 1.75. The Kier molecular flexibility index (Phi) is 9.13. The summed E-state index contributed by atoms with van der Waals surface area (Å²) in [6.07, 6.45) is 11.6. The molecule has 0 spiro atoms. The first-order valence-corrected chi connectivity index (χ1v) is 12.3. The summed E-state index contributed by atoms with van der Waals surface area (Å²) in [5.74, 6) is -0.835. The summed E-state index contributed by atoms with van der Waals surface area (Å²) in [5, 5.41) is 10.9. The number of dihydropyridines is 1. The third-order valence-electron chi connectivity index (χ3n) is 6.17. The number of nitrogens with two attached hydrogens (primary N) is 2. The molecule has 9 heteroatoms. The van der Waals surface area contributed by atoms with Crippen LogP contribution in [-0.2, 0) is 0 Å². The molecule has 2 aliphatic heterocycles. The zero-order chi connectivity index (χ0) is 27.3. The van der Waals surface area contributed by atoms with Crippen molar-refractivity contribution in [3.8, 4) is 0 Å². The van der Waals surface area contributed by atoms with Crippen molar-refractivity contribution in [3.63, 3.8) is 0 Å². The van der Waals surface area contributed by atoms with Gasteiger partial charge in [0, 0.05) is 73.6 Å². The number of nitrogens with one attached hydrogen (secondary N) is 2. The fourth-order valence-electron chi connectivity index (χ4n) is 4.31. The first-order valence-electron chi connectivity index (χ1n) is 11.9. The second-order valence-corrected chi connectivity index (χ2v) is 9.80. The zero-order valence-electron chi connectivity index (χ0n) is 21.7. The molecule has 0 radical (unpaired) electrons. The van der Waals surface area contributed by atoms with E-state index in [1.807, 2.05) is 25.3 Å². The summed E-state index contributed by atoms with van der Waals surface area (Å²) >= 11 is 6.41. The van der Waals surface area contributed by atoms with E-state index in [1.165, 1.54) is 23.1 Å².